The minimum absolute atomic E-state index is 0.0692. The third-order valence-electron chi connectivity index (χ3n) is 6.46. The summed E-state index contributed by atoms with van der Waals surface area (Å²) in [5.74, 6) is 0.244. The lowest BCUT2D eigenvalue weighted by Crippen LogP contribution is -3.12. The smallest absolute Gasteiger partial charge is 0.196 e. The van der Waals surface area contributed by atoms with E-state index < -0.39 is 0 Å². The van der Waals surface area contributed by atoms with E-state index in [0.717, 1.165) is 42.8 Å². The Bertz CT molecular complexity index is 1350. The zero-order valence-corrected chi connectivity index (χ0v) is 17.6. The van der Waals surface area contributed by atoms with Crippen LogP contribution in [0, 0.1) is 5.82 Å². The third-order valence-corrected chi connectivity index (χ3v) is 6.46. The second kappa shape index (κ2) is 7.17. The van der Waals surface area contributed by atoms with Gasteiger partial charge in [0.05, 0.1) is 55.6 Å². The Hall–Kier alpha value is -3.71. The molecule has 3 aromatic carbocycles. The summed E-state index contributed by atoms with van der Waals surface area (Å²) in [6.45, 7) is 3.83. The molecule has 1 aromatic heterocycles. The molecule has 0 amide bonds. The van der Waals surface area contributed by atoms with Gasteiger partial charge in [0.2, 0.25) is 0 Å². The Morgan fingerprint density at radius 2 is 1.78 bits per heavy atom. The molecule has 0 atom stereocenters. The largest absolute Gasteiger partial charge is 0.358 e. The second-order valence-electron chi connectivity index (χ2n) is 8.50. The van der Waals surface area contributed by atoms with Crippen molar-refractivity contribution in [3.63, 3.8) is 0 Å². The van der Waals surface area contributed by atoms with Crippen LogP contribution in [0.1, 0.15) is 15.9 Å². The van der Waals surface area contributed by atoms with E-state index in [1.54, 1.807) is 12.1 Å². The number of fused-ring (bicyclic) bond motifs is 2. The molecule has 0 bridgehead atoms. The number of nitrogens with one attached hydrogen (secondary N) is 2. The zero-order chi connectivity index (χ0) is 21.8. The van der Waals surface area contributed by atoms with Crippen molar-refractivity contribution < 1.29 is 18.6 Å². The first-order valence-corrected chi connectivity index (χ1v) is 10.8. The van der Waals surface area contributed by atoms with Crippen LogP contribution in [0.4, 0.5) is 21.5 Å². The zero-order valence-electron chi connectivity index (χ0n) is 17.6. The predicted octanol–water partition coefficient (Wildman–Crippen LogP) is 3.26. The first-order chi connectivity index (χ1) is 15.6. The van der Waals surface area contributed by atoms with Crippen molar-refractivity contribution in [2.24, 2.45) is 0 Å². The number of ketones is 1. The Morgan fingerprint density at radius 1 is 1.06 bits per heavy atom. The Labute approximate surface area is 184 Å². The molecule has 1 saturated heterocycles. The number of nitrogens with zero attached hydrogens (tertiary/aromatic N) is 2. The fraction of sp³-hybridized carbons (Fsp3) is 0.200. The molecule has 1 fully saturated rings. The van der Waals surface area contributed by atoms with Crippen molar-refractivity contribution >= 4 is 33.7 Å². The van der Waals surface area contributed by atoms with Gasteiger partial charge in [0.15, 0.2) is 11.5 Å². The summed E-state index contributed by atoms with van der Waals surface area (Å²) < 4.78 is 19.3. The highest BCUT2D eigenvalue weighted by atomic mass is 19.1. The van der Waals surface area contributed by atoms with Crippen molar-refractivity contribution in [2.45, 2.75) is 0 Å². The van der Waals surface area contributed by atoms with Gasteiger partial charge in [-0.2, -0.15) is 0 Å². The molecule has 160 valence electrons. The lowest BCUT2D eigenvalue weighted by Gasteiger charge is -2.32. The number of quaternary nitrogens is 1. The van der Waals surface area contributed by atoms with Crippen molar-refractivity contribution in [3.8, 4) is 11.3 Å². The summed E-state index contributed by atoms with van der Waals surface area (Å²) >= 11 is 0. The van der Waals surface area contributed by atoms with Crippen molar-refractivity contribution in [1.29, 1.82) is 0 Å². The first kappa shape index (κ1) is 19.0. The van der Waals surface area contributed by atoms with Gasteiger partial charge in [0.25, 0.3) is 0 Å². The maximum absolute atomic E-state index is 13.6. The Balaban J connectivity index is 1.58. The predicted molar refractivity (Wildman–Crippen MR) is 121 cm³/mol. The molecule has 6 nitrogen and oxygen atoms in total. The van der Waals surface area contributed by atoms with Crippen LogP contribution in [-0.4, -0.2) is 44.2 Å². The Kier molecular flexibility index (Phi) is 4.26. The van der Waals surface area contributed by atoms with E-state index in [-0.39, 0.29) is 11.6 Å². The molecule has 2 N–H and O–H groups in total. The monoisotopic (exact) mass is 429 g/mol. The number of benzene rings is 3. The van der Waals surface area contributed by atoms with E-state index in [2.05, 4.69) is 22.4 Å². The van der Waals surface area contributed by atoms with Gasteiger partial charge < -0.3 is 19.6 Å². The quantitative estimate of drug-likeness (QED) is 0.461. The molecule has 6 rings (SSSR count). The Morgan fingerprint density at radius 3 is 2.53 bits per heavy atom. The maximum atomic E-state index is 13.6. The lowest BCUT2D eigenvalue weighted by molar-refractivity contribution is -0.880. The number of likely N-dealkylation sites (N-methyl/N-ethyl adjacent to an activating group) is 1. The number of hydrogen-bond acceptors (Lipinski definition) is 5. The molecule has 1 aliphatic carbocycles. The minimum Gasteiger partial charge on any atom is -0.358 e. The molecule has 7 heteroatoms. The molecule has 0 saturated carbocycles. The van der Waals surface area contributed by atoms with Crippen LogP contribution in [0.15, 0.2) is 59.1 Å². The molecular weight excluding hydrogens is 407 g/mol. The number of anilines is 3. The third kappa shape index (κ3) is 2.89. The number of rotatable bonds is 3. The van der Waals surface area contributed by atoms with Crippen LogP contribution < -0.4 is 15.1 Å². The number of carbonyl (C=O) groups is 1. The number of halogens is 1. The lowest BCUT2D eigenvalue weighted by atomic mass is 9.86. The van der Waals surface area contributed by atoms with Crippen LogP contribution in [0.3, 0.4) is 0 Å². The first-order valence-electron chi connectivity index (χ1n) is 10.8. The van der Waals surface area contributed by atoms with E-state index in [0.29, 0.717) is 33.8 Å². The minimum atomic E-state index is -0.306. The topological polar surface area (TPSA) is 62.8 Å². The molecule has 0 spiro atoms. The molecular formula is C25H22FN4O2+. The molecule has 2 aliphatic rings. The number of aromatic nitrogens is 1. The average molecular weight is 429 g/mol. The summed E-state index contributed by atoms with van der Waals surface area (Å²) in [6, 6.07) is 15.6. The highest BCUT2D eigenvalue weighted by Gasteiger charge is 2.34. The van der Waals surface area contributed by atoms with E-state index in [4.69, 9.17) is 4.52 Å². The SMILES string of the molecule is C[NH+]1CCN(c2cc(Nc3ccc(F)cc3)c3c4c(onc24)-c2ccccc2C3=O)CC1. The van der Waals surface area contributed by atoms with Crippen LogP contribution in [0.2, 0.25) is 0 Å². The normalized spacial score (nSPS) is 15.8. The highest BCUT2D eigenvalue weighted by molar-refractivity contribution is 6.28. The number of carbonyl (C=O) groups excluding carboxylic acids is 1. The van der Waals surface area contributed by atoms with E-state index in [1.165, 1.54) is 17.0 Å². The van der Waals surface area contributed by atoms with Crippen molar-refractivity contribution in [3.05, 3.63) is 71.5 Å². The molecule has 0 radical (unpaired) electrons. The highest BCUT2D eigenvalue weighted by Crippen LogP contribution is 2.46. The van der Waals surface area contributed by atoms with Crippen molar-refractivity contribution in [2.75, 3.05) is 43.4 Å². The number of piperazine rings is 1. The van der Waals surface area contributed by atoms with E-state index >= 15 is 0 Å². The van der Waals surface area contributed by atoms with E-state index in [1.807, 2.05) is 30.3 Å². The molecule has 0 unspecified atom stereocenters. The molecule has 4 aromatic rings. The van der Waals surface area contributed by atoms with Gasteiger partial charge in [-0.1, -0.05) is 29.4 Å². The van der Waals surface area contributed by atoms with Gasteiger partial charge in [-0.05, 0) is 30.3 Å². The number of hydrogen-bond donors (Lipinski definition) is 2. The van der Waals surface area contributed by atoms with Crippen molar-refractivity contribution in [1.82, 2.24) is 5.16 Å². The second-order valence-corrected chi connectivity index (χ2v) is 8.50. The summed E-state index contributed by atoms with van der Waals surface area (Å²) in [4.78, 5) is 17.4. The van der Waals surface area contributed by atoms with Gasteiger partial charge in [0, 0.05) is 16.8 Å². The van der Waals surface area contributed by atoms with Gasteiger partial charge >= 0.3 is 0 Å². The summed E-state index contributed by atoms with van der Waals surface area (Å²) in [6.07, 6.45) is 0. The van der Waals surface area contributed by atoms with Gasteiger partial charge in [0.1, 0.15) is 11.3 Å². The fourth-order valence-electron chi connectivity index (χ4n) is 4.70. The maximum Gasteiger partial charge on any atom is 0.196 e. The summed E-state index contributed by atoms with van der Waals surface area (Å²) in [5, 5.41) is 8.52. The molecule has 1 aliphatic heterocycles. The van der Waals surface area contributed by atoms with E-state index in [9.17, 15) is 9.18 Å². The van der Waals surface area contributed by atoms with Gasteiger partial charge in [-0.3, -0.25) is 4.79 Å². The van der Waals surface area contributed by atoms with Crippen LogP contribution in [0.25, 0.3) is 22.2 Å². The summed E-state index contributed by atoms with van der Waals surface area (Å²) in [5.41, 5.74) is 4.94. The van der Waals surface area contributed by atoms with Gasteiger partial charge in [-0.25, -0.2) is 4.39 Å². The standard InChI is InChI=1S/C25H21FN4O2/c1-29-10-12-30(13-11-29)20-14-19(27-16-8-6-15(26)7-9-16)21-22-23(20)28-32-25(22)18-5-3-2-4-17(18)24(21)31/h2-9,14,27H,10-13H2,1H3/p+1. The fourth-order valence-corrected chi connectivity index (χ4v) is 4.70. The van der Waals surface area contributed by atoms with Crippen LogP contribution in [0.5, 0.6) is 0 Å². The average Bonchev–Trinajstić information content (AvgIpc) is 3.25. The van der Waals surface area contributed by atoms with Crippen LogP contribution >= 0.6 is 0 Å². The molecule has 32 heavy (non-hydrogen) atoms. The van der Waals surface area contributed by atoms with Gasteiger partial charge in [-0.15, -0.1) is 0 Å². The molecule has 2 heterocycles. The van der Waals surface area contributed by atoms with Crippen LogP contribution in [-0.2, 0) is 0 Å². The summed E-state index contributed by atoms with van der Waals surface area (Å²) in [7, 11) is 2.19.